The highest BCUT2D eigenvalue weighted by molar-refractivity contribution is 6.30. The number of carboxylic acid groups (broad SMARTS) is 1. The van der Waals surface area contributed by atoms with Crippen LogP contribution in [0.3, 0.4) is 0 Å². The van der Waals surface area contributed by atoms with Gasteiger partial charge < -0.3 is 53.0 Å². The first kappa shape index (κ1) is 42.1. The molecule has 4 aromatic carbocycles. The molecule has 0 saturated carbocycles. The number of halogens is 1. The van der Waals surface area contributed by atoms with Gasteiger partial charge in [-0.1, -0.05) is 48.0 Å². The van der Waals surface area contributed by atoms with Crippen LogP contribution >= 0.6 is 11.6 Å². The van der Waals surface area contributed by atoms with E-state index in [-0.39, 0.29) is 48.6 Å². The number of nitrogens with zero attached hydrogens (tertiary/aromatic N) is 1. The Morgan fingerprint density at radius 1 is 0.895 bits per heavy atom. The molecule has 16 heteroatoms. The van der Waals surface area contributed by atoms with E-state index in [0.717, 1.165) is 16.0 Å². The molecule has 4 bridgehead atoms. The zero-order valence-corrected chi connectivity index (χ0v) is 32.0. The molecule has 15 nitrogen and oxygen atoms in total. The molecule has 4 aromatic rings. The number of carbonyl (C=O) groups is 5. The van der Waals surface area contributed by atoms with Crippen LogP contribution in [0.5, 0.6) is 11.5 Å². The number of nitrogens with one attached hydrogen (secondary N) is 3. The van der Waals surface area contributed by atoms with E-state index in [1.54, 1.807) is 60.7 Å². The number of benzene rings is 4. The van der Waals surface area contributed by atoms with Crippen LogP contribution in [-0.2, 0) is 25.6 Å². The van der Waals surface area contributed by atoms with E-state index in [1.807, 2.05) is 12.1 Å². The third kappa shape index (κ3) is 10.4. The molecule has 11 N–H and O–H groups in total. The van der Waals surface area contributed by atoms with Crippen molar-refractivity contribution in [3.05, 3.63) is 107 Å². The summed E-state index contributed by atoms with van der Waals surface area (Å²) in [6.07, 6.45) is -0.695. The highest BCUT2D eigenvalue weighted by atomic mass is 35.5. The Morgan fingerprint density at radius 2 is 1.58 bits per heavy atom. The first-order chi connectivity index (χ1) is 27.3. The number of hydrogen-bond acceptors (Lipinski definition) is 10. The number of amides is 4. The molecule has 0 aliphatic carbocycles. The summed E-state index contributed by atoms with van der Waals surface area (Å²) in [7, 11) is 1.38. The average Bonchev–Trinajstić information content (AvgIpc) is 3.20. The highest BCUT2D eigenvalue weighted by Gasteiger charge is 2.36. The maximum absolute atomic E-state index is 14.5. The van der Waals surface area contributed by atoms with Gasteiger partial charge in [-0.25, -0.2) is 4.79 Å². The Labute approximate surface area is 334 Å². The Kier molecular flexibility index (Phi) is 14.2. The molecule has 0 saturated heterocycles. The summed E-state index contributed by atoms with van der Waals surface area (Å²) in [5.74, 6) is -4.31. The quantitative estimate of drug-likeness (QED) is 0.0913. The van der Waals surface area contributed by atoms with Crippen molar-refractivity contribution in [1.29, 1.82) is 0 Å². The lowest BCUT2D eigenvalue weighted by Crippen LogP contribution is -2.58. The fraction of sp³-hybridized carbons (Fsp3) is 0.293. The summed E-state index contributed by atoms with van der Waals surface area (Å²) in [6, 6.07) is 19.1. The fourth-order valence-corrected chi connectivity index (χ4v) is 6.64. The molecule has 1 heterocycles. The molecule has 0 aromatic heterocycles. The van der Waals surface area contributed by atoms with Crippen molar-refractivity contribution >= 4 is 41.2 Å². The largest absolute Gasteiger partial charge is 0.507 e. The number of carboxylic acids is 1. The predicted octanol–water partition coefficient (Wildman–Crippen LogP) is 2.67. The number of hydrogen-bond donors (Lipinski definition) is 8. The highest BCUT2D eigenvalue weighted by Crippen LogP contribution is 2.39. The summed E-state index contributed by atoms with van der Waals surface area (Å²) in [4.78, 5) is 68.8. The maximum Gasteiger partial charge on any atom is 0.326 e. The molecule has 0 spiro atoms. The first-order valence-electron chi connectivity index (χ1n) is 18.3. The van der Waals surface area contributed by atoms with Crippen LogP contribution in [0.25, 0.3) is 22.3 Å². The minimum Gasteiger partial charge on any atom is -0.507 e. The van der Waals surface area contributed by atoms with Gasteiger partial charge in [-0.2, -0.15) is 0 Å². The maximum atomic E-state index is 14.5. The molecule has 0 fully saturated rings. The van der Waals surface area contributed by atoms with E-state index in [2.05, 4.69) is 16.0 Å². The van der Waals surface area contributed by atoms with Gasteiger partial charge in [-0.15, -0.1) is 0 Å². The normalized spacial score (nSPS) is 17.3. The van der Waals surface area contributed by atoms with Crippen LogP contribution in [-0.4, -0.2) is 89.7 Å². The summed E-state index contributed by atoms with van der Waals surface area (Å²) < 4.78 is 5.91. The van der Waals surface area contributed by atoms with E-state index < -0.39 is 53.9 Å². The summed E-state index contributed by atoms with van der Waals surface area (Å²) in [5.41, 5.74) is 20.8. The molecule has 4 amide bonds. The number of unbranched alkanes of at least 4 members (excludes halogenated alkanes) is 1. The van der Waals surface area contributed by atoms with Gasteiger partial charge in [-0.05, 0) is 96.6 Å². The molecular weight excluding hydrogens is 754 g/mol. The van der Waals surface area contributed by atoms with Crippen LogP contribution in [0.1, 0.15) is 46.8 Å². The van der Waals surface area contributed by atoms with E-state index in [0.29, 0.717) is 41.1 Å². The van der Waals surface area contributed by atoms with E-state index in [9.17, 15) is 34.2 Å². The topological polar surface area (TPSA) is 252 Å². The smallest absolute Gasteiger partial charge is 0.326 e. The lowest BCUT2D eigenvalue weighted by atomic mass is 9.93. The zero-order chi connectivity index (χ0) is 41.2. The average molecular weight is 800 g/mol. The Balaban J connectivity index is 1.54. The Morgan fingerprint density at radius 3 is 2.23 bits per heavy atom. The Bertz CT molecular complexity index is 2100. The number of carbonyl (C=O) groups excluding carboxylic acids is 4. The minimum atomic E-state index is -1.72. The van der Waals surface area contributed by atoms with Gasteiger partial charge in [0.15, 0.2) is 6.17 Å². The lowest BCUT2D eigenvalue weighted by Gasteiger charge is -2.32. The number of likely N-dealkylation sites (N-methyl/N-ethyl adjacent to an activating group) is 1. The second-order valence-corrected chi connectivity index (χ2v) is 14.0. The number of phenols is 1. The van der Waals surface area contributed by atoms with Crippen LogP contribution in [0.15, 0.2) is 84.9 Å². The monoisotopic (exact) mass is 799 g/mol. The third-order valence-electron chi connectivity index (χ3n) is 9.54. The number of aromatic hydroxyl groups is 1. The zero-order valence-electron chi connectivity index (χ0n) is 31.2. The van der Waals surface area contributed by atoms with Gasteiger partial charge >= 0.3 is 5.97 Å². The predicted molar refractivity (Wildman–Crippen MR) is 214 cm³/mol. The summed E-state index contributed by atoms with van der Waals surface area (Å²) in [6.45, 7) is 0.613. The second kappa shape index (κ2) is 19.2. The van der Waals surface area contributed by atoms with Crippen LogP contribution in [0.4, 0.5) is 0 Å². The number of fused-ring (bicyclic) bond motifs is 5. The number of ether oxygens (including phenoxy) is 1. The van der Waals surface area contributed by atoms with Gasteiger partial charge in [0.2, 0.25) is 11.8 Å². The van der Waals surface area contributed by atoms with Crippen LogP contribution in [0, 0.1) is 0 Å². The minimum absolute atomic E-state index is 0.102. The second-order valence-electron chi connectivity index (χ2n) is 13.6. The van der Waals surface area contributed by atoms with Crippen molar-refractivity contribution in [2.45, 2.75) is 50.0 Å². The van der Waals surface area contributed by atoms with Gasteiger partial charge in [0.1, 0.15) is 36.2 Å². The number of phenolic OH excluding ortho intramolecular Hbond substituents is 1. The van der Waals surface area contributed by atoms with E-state index in [4.69, 9.17) is 33.5 Å². The van der Waals surface area contributed by atoms with Gasteiger partial charge in [0, 0.05) is 41.7 Å². The molecular formula is C41H46ClN7O8. The van der Waals surface area contributed by atoms with Crippen LogP contribution in [0.2, 0.25) is 5.02 Å². The Hall–Kier alpha value is -6.00. The van der Waals surface area contributed by atoms with Crippen molar-refractivity contribution in [2.24, 2.45) is 17.2 Å². The molecule has 1 aliphatic rings. The van der Waals surface area contributed by atoms with Gasteiger partial charge in [-0.3, -0.25) is 19.2 Å². The molecule has 4 atom stereocenters. The van der Waals surface area contributed by atoms with Crippen molar-refractivity contribution < 1.29 is 38.9 Å². The molecule has 5 rings (SSSR count). The molecule has 1 aliphatic heterocycles. The first-order valence-corrected chi connectivity index (χ1v) is 18.7. The van der Waals surface area contributed by atoms with Crippen molar-refractivity contribution in [1.82, 2.24) is 20.9 Å². The van der Waals surface area contributed by atoms with Gasteiger partial charge in [0.25, 0.3) is 11.8 Å². The van der Waals surface area contributed by atoms with E-state index in [1.165, 1.54) is 19.2 Å². The summed E-state index contributed by atoms with van der Waals surface area (Å²) in [5, 5.41) is 29.2. The molecule has 0 unspecified atom stereocenters. The molecule has 57 heavy (non-hydrogen) atoms. The third-order valence-corrected chi connectivity index (χ3v) is 9.79. The SMILES string of the molecule is CN(C(=O)[C@H](CCCCN)NC(=O)c1ccc(-c2ccc(Cl)cc2)cc1)[C@@H]1C(=O)N[C@@H](N)C(=O)N[C@H](C(=O)O)Cc2ccc(O)c(c2)-c2cc1ccc2OCCN. The van der Waals surface area contributed by atoms with E-state index >= 15 is 0 Å². The van der Waals surface area contributed by atoms with Crippen molar-refractivity contribution in [3.63, 3.8) is 0 Å². The lowest BCUT2D eigenvalue weighted by molar-refractivity contribution is -0.143. The number of rotatable bonds is 13. The van der Waals surface area contributed by atoms with Crippen molar-refractivity contribution in [2.75, 3.05) is 26.7 Å². The van der Waals surface area contributed by atoms with Crippen LogP contribution < -0.4 is 37.9 Å². The number of aliphatic carboxylic acids is 1. The molecule has 0 radical (unpaired) electrons. The number of nitrogens with two attached hydrogens (primary N) is 3. The fourth-order valence-electron chi connectivity index (χ4n) is 6.52. The standard InChI is InChI=1S/C41H46ClN7O8/c1-49(40(54)31(4-2-3-17-43)46-37(51)26-8-6-24(7-9-26)25-10-13-28(42)14-11-25)35-27-12-16-34(57-19-18-44)30(22-27)29-20-23(5-15-33(29)50)21-32(41(55)56)47-39(53)36(45)48-38(35)52/h5-16,20,22,31-32,35-36,50H,2-4,17-19,21,43-45H2,1H3,(H,46,51)(H,47,53)(H,48,52)(H,55,56)/t31-,32-,35-,36+/m0/s1. The van der Waals surface area contributed by atoms with Crippen molar-refractivity contribution in [3.8, 4) is 33.8 Å². The summed E-state index contributed by atoms with van der Waals surface area (Å²) >= 11 is 6.03. The van der Waals surface area contributed by atoms with Gasteiger partial charge in [0.05, 0.1) is 0 Å². The molecule has 300 valence electrons.